The van der Waals surface area contributed by atoms with Gasteiger partial charge in [0, 0.05) is 11.4 Å². The SMILES string of the molecule is CC(=N)[C@H](C#N)C(=O)COC(=O)CSCC(=O)Nc1ccc(C)cc1C. The Bertz CT molecular complexity index is 755. The van der Waals surface area contributed by atoms with Crippen molar-refractivity contribution in [1.29, 1.82) is 10.7 Å². The maximum absolute atomic E-state index is 11.9. The number of thioether (sulfide) groups is 1. The van der Waals surface area contributed by atoms with E-state index in [4.69, 9.17) is 15.4 Å². The van der Waals surface area contributed by atoms with E-state index < -0.39 is 24.3 Å². The number of ether oxygens (including phenoxy) is 1. The summed E-state index contributed by atoms with van der Waals surface area (Å²) in [6, 6.07) is 7.37. The minimum atomic E-state index is -1.20. The molecule has 1 amide bonds. The number of hydrogen-bond acceptors (Lipinski definition) is 7. The van der Waals surface area contributed by atoms with Crippen molar-refractivity contribution in [3.63, 3.8) is 0 Å². The minimum Gasteiger partial charge on any atom is -0.457 e. The first-order chi connectivity index (χ1) is 12.2. The monoisotopic (exact) mass is 375 g/mol. The average Bonchev–Trinajstić information content (AvgIpc) is 2.56. The molecule has 8 heteroatoms. The number of carbonyl (C=O) groups excluding carboxylic acids is 3. The van der Waals surface area contributed by atoms with Gasteiger partial charge in [-0.05, 0) is 32.4 Å². The molecule has 1 aromatic carbocycles. The molecule has 0 saturated heterocycles. The number of carbonyl (C=O) groups is 3. The molecule has 1 atom stereocenters. The fraction of sp³-hybridized carbons (Fsp3) is 0.389. The standard InChI is InChI=1S/C18H21N3O4S/c1-11-4-5-15(12(2)6-11)21-17(23)9-26-10-18(24)25-8-16(22)14(7-19)13(3)20/h4-6,14,20H,8-10H2,1-3H3,(H,21,23)/t14-/m0/s1. The van der Waals surface area contributed by atoms with Crippen molar-refractivity contribution < 1.29 is 19.1 Å². The van der Waals surface area contributed by atoms with E-state index in [2.05, 4.69) is 5.32 Å². The van der Waals surface area contributed by atoms with Gasteiger partial charge in [-0.25, -0.2) is 0 Å². The molecule has 0 heterocycles. The van der Waals surface area contributed by atoms with Crippen molar-refractivity contribution in [3.8, 4) is 6.07 Å². The summed E-state index contributed by atoms with van der Waals surface area (Å²) in [6.45, 7) is 4.65. The lowest BCUT2D eigenvalue weighted by Gasteiger charge is -2.09. The van der Waals surface area contributed by atoms with Crippen LogP contribution in [0.1, 0.15) is 18.1 Å². The maximum Gasteiger partial charge on any atom is 0.316 e. The molecule has 1 aromatic rings. The van der Waals surface area contributed by atoms with Crippen LogP contribution in [0.5, 0.6) is 0 Å². The average molecular weight is 375 g/mol. The van der Waals surface area contributed by atoms with Gasteiger partial charge in [-0.1, -0.05) is 17.7 Å². The Kier molecular flexibility index (Phi) is 8.52. The highest BCUT2D eigenvalue weighted by Crippen LogP contribution is 2.16. The first-order valence-corrected chi connectivity index (χ1v) is 8.98. The first-order valence-electron chi connectivity index (χ1n) is 7.82. The van der Waals surface area contributed by atoms with Crippen LogP contribution in [0.4, 0.5) is 5.69 Å². The lowest BCUT2D eigenvalue weighted by Crippen LogP contribution is -2.26. The predicted octanol–water partition coefficient (Wildman–Crippen LogP) is 2.27. The van der Waals surface area contributed by atoms with Crippen LogP contribution >= 0.6 is 11.8 Å². The zero-order valence-corrected chi connectivity index (χ0v) is 15.7. The second-order valence-corrected chi connectivity index (χ2v) is 6.72. The van der Waals surface area contributed by atoms with Crippen LogP contribution in [0.15, 0.2) is 18.2 Å². The van der Waals surface area contributed by atoms with E-state index in [-0.39, 0.29) is 23.1 Å². The van der Waals surface area contributed by atoms with E-state index in [1.54, 1.807) is 6.07 Å². The third-order valence-electron chi connectivity index (χ3n) is 3.37. The zero-order valence-electron chi connectivity index (χ0n) is 14.9. The third-order valence-corrected chi connectivity index (χ3v) is 4.27. The minimum absolute atomic E-state index is 0.0663. The predicted molar refractivity (Wildman–Crippen MR) is 100 cm³/mol. The third kappa shape index (κ3) is 7.07. The Morgan fingerprint density at radius 3 is 2.58 bits per heavy atom. The number of hydrogen-bond donors (Lipinski definition) is 2. The van der Waals surface area contributed by atoms with E-state index >= 15 is 0 Å². The van der Waals surface area contributed by atoms with E-state index in [1.165, 1.54) is 6.92 Å². The van der Waals surface area contributed by atoms with Gasteiger partial charge in [-0.3, -0.25) is 14.4 Å². The van der Waals surface area contributed by atoms with Gasteiger partial charge in [0.15, 0.2) is 12.4 Å². The fourth-order valence-corrected chi connectivity index (χ4v) is 2.66. The highest BCUT2D eigenvalue weighted by molar-refractivity contribution is 8.00. The highest BCUT2D eigenvalue weighted by atomic mass is 32.2. The summed E-state index contributed by atoms with van der Waals surface area (Å²) in [5, 5.41) is 18.9. The van der Waals surface area contributed by atoms with Gasteiger partial charge in [0.05, 0.1) is 17.6 Å². The maximum atomic E-state index is 11.9. The molecule has 0 aliphatic rings. The van der Waals surface area contributed by atoms with Crippen LogP contribution in [-0.2, 0) is 19.1 Å². The molecule has 2 N–H and O–H groups in total. The van der Waals surface area contributed by atoms with Crippen molar-refractivity contribution in [2.75, 3.05) is 23.4 Å². The number of nitrogens with one attached hydrogen (secondary N) is 2. The summed E-state index contributed by atoms with van der Waals surface area (Å²) in [6.07, 6.45) is 0. The first kappa shape index (κ1) is 21.4. The number of aryl methyl sites for hydroxylation is 2. The summed E-state index contributed by atoms with van der Waals surface area (Å²) in [7, 11) is 0. The van der Waals surface area contributed by atoms with Gasteiger partial charge in [-0.15, -0.1) is 11.8 Å². The fourth-order valence-electron chi connectivity index (χ4n) is 2.05. The van der Waals surface area contributed by atoms with Gasteiger partial charge in [0.2, 0.25) is 5.91 Å². The second kappa shape index (κ2) is 10.4. The summed E-state index contributed by atoms with van der Waals surface area (Å²) < 4.78 is 4.78. The van der Waals surface area contributed by atoms with Crippen LogP contribution in [-0.4, -0.2) is 41.5 Å². The number of anilines is 1. The number of esters is 1. The van der Waals surface area contributed by atoms with E-state index in [1.807, 2.05) is 32.0 Å². The van der Waals surface area contributed by atoms with Crippen LogP contribution in [0.3, 0.4) is 0 Å². The molecule has 138 valence electrons. The quantitative estimate of drug-likeness (QED) is 0.504. The lowest BCUT2D eigenvalue weighted by atomic mass is 10.0. The van der Waals surface area contributed by atoms with Crippen molar-refractivity contribution in [2.24, 2.45) is 5.92 Å². The number of Topliss-reactive ketones (excluding diaryl/α,β-unsaturated/α-hetero) is 1. The molecule has 7 nitrogen and oxygen atoms in total. The molecule has 1 rings (SSSR count). The van der Waals surface area contributed by atoms with Crippen molar-refractivity contribution in [1.82, 2.24) is 0 Å². The van der Waals surface area contributed by atoms with Gasteiger partial charge in [-0.2, -0.15) is 5.26 Å². The Balaban J connectivity index is 2.33. The topological polar surface area (TPSA) is 120 Å². The van der Waals surface area contributed by atoms with Crippen molar-refractivity contribution in [2.45, 2.75) is 20.8 Å². The smallest absolute Gasteiger partial charge is 0.316 e. The molecule has 26 heavy (non-hydrogen) atoms. The van der Waals surface area contributed by atoms with Crippen LogP contribution in [0.2, 0.25) is 0 Å². The molecular formula is C18H21N3O4S. The summed E-state index contributed by atoms with van der Waals surface area (Å²) in [5.41, 5.74) is 2.68. The van der Waals surface area contributed by atoms with Crippen molar-refractivity contribution in [3.05, 3.63) is 29.3 Å². The van der Waals surface area contributed by atoms with E-state index in [0.29, 0.717) is 0 Å². The number of rotatable bonds is 9. The molecule has 0 aromatic heterocycles. The van der Waals surface area contributed by atoms with Gasteiger partial charge in [0.25, 0.3) is 0 Å². The van der Waals surface area contributed by atoms with Gasteiger partial charge < -0.3 is 15.5 Å². The second-order valence-electron chi connectivity index (χ2n) is 5.73. The molecular weight excluding hydrogens is 354 g/mol. The van der Waals surface area contributed by atoms with Crippen LogP contribution in [0.25, 0.3) is 0 Å². The highest BCUT2D eigenvalue weighted by Gasteiger charge is 2.21. The lowest BCUT2D eigenvalue weighted by molar-refractivity contribution is -0.145. The van der Waals surface area contributed by atoms with Crippen molar-refractivity contribution >= 4 is 40.8 Å². The summed E-state index contributed by atoms with van der Waals surface area (Å²) >= 11 is 1.06. The van der Waals surface area contributed by atoms with E-state index in [0.717, 1.165) is 28.6 Å². The molecule has 0 unspecified atom stereocenters. The number of amides is 1. The Morgan fingerprint density at radius 2 is 2.00 bits per heavy atom. The number of ketones is 1. The molecule has 0 bridgehead atoms. The number of nitriles is 1. The van der Waals surface area contributed by atoms with Crippen LogP contribution in [0, 0.1) is 36.5 Å². The zero-order chi connectivity index (χ0) is 19.7. The molecule has 0 fully saturated rings. The molecule has 0 radical (unpaired) electrons. The largest absolute Gasteiger partial charge is 0.457 e. The molecule has 0 saturated carbocycles. The van der Waals surface area contributed by atoms with Gasteiger partial charge in [0.1, 0.15) is 5.92 Å². The number of nitrogens with zero attached hydrogens (tertiary/aromatic N) is 1. The summed E-state index contributed by atoms with van der Waals surface area (Å²) in [4.78, 5) is 35.1. The molecule has 0 aliphatic heterocycles. The Morgan fingerprint density at radius 1 is 1.31 bits per heavy atom. The molecule has 0 aliphatic carbocycles. The summed E-state index contributed by atoms with van der Waals surface area (Å²) in [5.74, 6) is -2.74. The Hall–Kier alpha value is -2.66. The normalized spacial score (nSPS) is 11.2. The van der Waals surface area contributed by atoms with E-state index in [9.17, 15) is 14.4 Å². The molecule has 0 spiro atoms. The van der Waals surface area contributed by atoms with Gasteiger partial charge >= 0.3 is 5.97 Å². The van der Waals surface area contributed by atoms with Crippen LogP contribution < -0.4 is 5.32 Å². The Labute approximate surface area is 156 Å². The number of benzene rings is 1.